The number of carbonyl (C=O) groups excluding carboxylic acids is 1. The summed E-state index contributed by atoms with van der Waals surface area (Å²) in [6.07, 6.45) is 3.90. The van der Waals surface area contributed by atoms with Gasteiger partial charge >= 0.3 is 5.97 Å². The second-order valence-electron chi connectivity index (χ2n) is 7.78. The Hall–Kier alpha value is -3.81. The number of amides is 1. The number of tetrazole rings is 1. The molecule has 8 heteroatoms. The number of carboxylic acids is 1. The van der Waals surface area contributed by atoms with Gasteiger partial charge in [-0.2, -0.15) is 5.21 Å². The number of hydrogen-bond acceptors (Lipinski definition) is 5. The number of nitrogens with zero attached hydrogens (tertiary/aromatic N) is 4. The Morgan fingerprint density at radius 3 is 2.34 bits per heavy atom. The zero-order valence-corrected chi connectivity index (χ0v) is 18.4. The lowest BCUT2D eigenvalue weighted by Gasteiger charge is -2.31. The van der Waals surface area contributed by atoms with E-state index >= 15 is 0 Å². The predicted octanol–water partition coefficient (Wildman–Crippen LogP) is 3.94. The lowest BCUT2D eigenvalue weighted by molar-refractivity contribution is -0.151. The lowest BCUT2D eigenvalue weighted by Crippen LogP contribution is -2.47. The van der Waals surface area contributed by atoms with Gasteiger partial charge < -0.3 is 10.0 Å². The van der Waals surface area contributed by atoms with Crippen LogP contribution in [0.15, 0.2) is 60.7 Å². The number of benzene rings is 2. The standard InChI is InChI=1S/C24H27N5O3/c1-4-5-10-21(30)29(22(16(2)3)24(31)32)15-17-11-13-18(14-12-17)19-8-6-7-9-20(19)23-25-27-28-26-23/h5-14,16,22H,4,15H2,1-3H3,(H,31,32)(H,25,26,27,28). The Morgan fingerprint density at radius 1 is 1.09 bits per heavy atom. The van der Waals surface area contributed by atoms with Gasteiger partial charge in [-0.25, -0.2) is 4.79 Å². The first-order valence-electron chi connectivity index (χ1n) is 10.5. The average Bonchev–Trinajstić information content (AvgIpc) is 3.32. The second-order valence-corrected chi connectivity index (χ2v) is 7.78. The molecule has 0 aliphatic heterocycles. The maximum absolute atomic E-state index is 12.8. The van der Waals surface area contributed by atoms with E-state index in [9.17, 15) is 14.7 Å². The molecule has 1 heterocycles. The van der Waals surface area contributed by atoms with E-state index in [1.165, 1.54) is 11.0 Å². The molecule has 0 aliphatic carbocycles. The molecule has 0 aliphatic rings. The van der Waals surface area contributed by atoms with Crippen LogP contribution in [0.5, 0.6) is 0 Å². The van der Waals surface area contributed by atoms with Crippen molar-refractivity contribution in [3.8, 4) is 22.5 Å². The minimum atomic E-state index is -1.01. The molecule has 166 valence electrons. The summed E-state index contributed by atoms with van der Waals surface area (Å²) in [6.45, 7) is 5.74. The molecule has 1 amide bonds. The average molecular weight is 434 g/mol. The van der Waals surface area contributed by atoms with Crippen molar-refractivity contribution in [1.82, 2.24) is 25.5 Å². The molecular formula is C24H27N5O3. The summed E-state index contributed by atoms with van der Waals surface area (Å²) < 4.78 is 0. The van der Waals surface area contributed by atoms with Crippen molar-refractivity contribution < 1.29 is 14.7 Å². The Morgan fingerprint density at radius 2 is 1.78 bits per heavy atom. The fourth-order valence-electron chi connectivity index (χ4n) is 3.60. The van der Waals surface area contributed by atoms with Crippen LogP contribution in [0.2, 0.25) is 0 Å². The molecule has 1 unspecified atom stereocenters. The van der Waals surface area contributed by atoms with Gasteiger partial charge in [-0.3, -0.25) is 4.79 Å². The van der Waals surface area contributed by atoms with Crippen LogP contribution in [0, 0.1) is 5.92 Å². The molecule has 1 atom stereocenters. The Bertz CT molecular complexity index is 1080. The number of carboxylic acid groups (broad SMARTS) is 1. The summed E-state index contributed by atoms with van der Waals surface area (Å²) in [4.78, 5) is 26.1. The number of allylic oxidation sites excluding steroid dienone is 1. The van der Waals surface area contributed by atoms with E-state index in [1.807, 2.05) is 55.5 Å². The molecular weight excluding hydrogens is 406 g/mol. The summed E-state index contributed by atoms with van der Waals surface area (Å²) in [5, 5.41) is 24.0. The van der Waals surface area contributed by atoms with Crippen LogP contribution >= 0.6 is 0 Å². The van der Waals surface area contributed by atoms with Crippen LogP contribution in [0.3, 0.4) is 0 Å². The topological polar surface area (TPSA) is 112 Å². The predicted molar refractivity (Wildman–Crippen MR) is 121 cm³/mol. The lowest BCUT2D eigenvalue weighted by atomic mass is 9.97. The quantitative estimate of drug-likeness (QED) is 0.494. The number of aromatic amines is 1. The number of hydrogen-bond donors (Lipinski definition) is 2. The second kappa shape index (κ2) is 10.5. The SMILES string of the molecule is CCC=CC(=O)N(Cc1ccc(-c2ccccc2-c2nn[nH]n2)cc1)C(C(=O)O)C(C)C. The minimum Gasteiger partial charge on any atom is -0.480 e. The molecule has 1 aromatic heterocycles. The molecule has 8 nitrogen and oxygen atoms in total. The first-order valence-corrected chi connectivity index (χ1v) is 10.5. The molecule has 0 spiro atoms. The van der Waals surface area contributed by atoms with Crippen LogP contribution in [0.4, 0.5) is 0 Å². The molecule has 2 aromatic carbocycles. The maximum Gasteiger partial charge on any atom is 0.326 e. The van der Waals surface area contributed by atoms with E-state index in [-0.39, 0.29) is 18.4 Å². The van der Waals surface area contributed by atoms with Gasteiger partial charge in [0.25, 0.3) is 0 Å². The molecule has 0 saturated carbocycles. The number of nitrogens with one attached hydrogen (secondary N) is 1. The van der Waals surface area contributed by atoms with Crippen LogP contribution < -0.4 is 0 Å². The number of rotatable bonds is 9. The largest absolute Gasteiger partial charge is 0.480 e. The Labute approximate surface area is 187 Å². The highest BCUT2D eigenvalue weighted by molar-refractivity contribution is 5.91. The summed E-state index contributed by atoms with van der Waals surface area (Å²) in [6, 6.07) is 14.6. The van der Waals surface area contributed by atoms with Gasteiger partial charge in [0.15, 0.2) is 0 Å². The summed E-state index contributed by atoms with van der Waals surface area (Å²) >= 11 is 0. The normalized spacial score (nSPS) is 12.2. The van der Waals surface area contributed by atoms with Gasteiger partial charge in [-0.15, -0.1) is 10.2 Å². The third-order valence-corrected chi connectivity index (χ3v) is 5.13. The third kappa shape index (κ3) is 5.26. The zero-order valence-electron chi connectivity index (χ0n) is 18.4. The van der Waals surface area contributed by atoms with Crippen molar-refractivity contribution in [3.63, 3.8) is 0 Å². The monoisotopic (exact) mass is 433 g/mol. The van der Waals surface area contributed by atoms with Crippen LogP contribution in [0.25, 0.3) is 22.5 Å². The fraction of sp³-hybridized carbons (Fsp3) is 0.292. The van der Waals surface area contributed by atoms with Gasteiger partial charge in [0.1, 0.15) is 6.04 Å². The van der Waals surface area contributed by atoms with E-state index in [1.54, 1.807) is 19.9 Å². The van der Waals surface area contributed by atoms with Crippen LogP contribution in [0.1, 0.15) is 32.8 Å². The maximum atomic E-state index is 12.8. The van der Waals surface area contributed by atoms with Crippen LogP contribution in [-0.2, 0) is 16.1 Å². The van der Waals surface area contributed by atoms with E-state index in [2.05, 4.69) is 20.6 Å². The molecule has 2 N–H and O–H groups in total. The van der Waals surface area contributed by atoms with Crippen molar-refractivity contribution in [2.24, 2.45) is 5.92 Å². The van der Waals surface area contributed by atoms with Crippen LogP contribution in [-0.4, -0.2) is 48.5 Å². The minimum absolute atomic E-state index is 0.203. The van der Waals surface area contributed by atoms with E-state index in [0.717, 1.165) is 22.3 Å². The smallest absolute Gasteiger partial charge is 0.326 e. The molecule has 0 radical (unpaired) electrons. The highest BCUT2D eigenvalue weighted by Crippen LogP contribution is 2.30. The van der Waals surface area contributed by atoms with Gasteiger partial charge in [0, 0.05) is 12.1 Å². The fourth-order valence-corrected chi connectivity index (χ4v) is 3.60. The Balaban J connectivity index is 1.90. The van der Waals surface area contributed by atoms with Crippen molar-refractivity contribution in [1.29, 1.82) is 0 Å². The number of carbonyl (C=O) groups is 2. The van der Waals surface area contributed by atoms with Gasteiger partial charge in [-0.05, 0) is 40.3 Å². The van der Waals surface area contributed by atoms with Crippen molar-refractivity contribution in [3.05, 3.63) is 66.2 Å². The van der Waals surface area contributed by atoms with Gasteiger partial charge in [0.05, 0.1) is 0 Å². The summed E-state index contributed by atoms with van der Waals surface area (Å²) in [5.74, 6) is -1.04. The summed E-state index contributed by atoms with van der Waals surface area (Å²) in [7, 11) is 0. The van der Waals surface area contributed by atoms with Crippen molar-refractivity contribution in [2.75, 3.05) is 0 Å². The number of aromatic nitrogens is 4. The van der Waals surface area contributed by atoms with Crippen molar-refractivity contribution in [2.45, 2.75) is 39.8 Å². The third-order valence-electron chi connectivity index (χ3n) is 5.13. The first-order chi connectivity index (χ1) is 15.4. The highest BCUT2D eigenvalue weighted by atomic mass is 16.4. The molecule has 0 bridgehead atoms. The van der Waals surface area contributed by atoms with E-state index in [4.69, 9.17) is 0 Å². The molecule has 3 rings (SSSR count). The molecule has 3 aromatic rings. The van der Waals surface area contributed by atoms with Gasteiger partial charge in [-0.1, -0.05) is 75.4 Å². The number of aliphatic carboxylic acids is 1. The first kappa shape index (κ1) is 22.9. The molecule has 0 fully saturated rings. The molecule has 32 heavy (non-hydrogen) atoms. The number of H-pyrrole nitrogens is 1. The van der Waals surface area contributed by atoms with E-state index in [0.29, 0.717) is 12.2 Å². The Kier molecular flexibility index (Phi) is 7.49. The highest BCUT2D eigenvalue weighted by Gasteiger charge is 2.31. The van der Waals surface area contributed by atoms with Crippen molar-refractivity contribution >= 4 is 11.9 Å². The van der Waals surface area contributed by atoms with Gasteiger partial charge in [0.2, 0.25) is 11.7 Å². The zero-order chi connectivity index (χ0) is 23.1. The summed E-state index contributed by atoms with van der Waals surface area (Å²) in [5.41, 5.74) is 3.60. The van der Waals surface area contributed by atoms with E-state index < -0.39 is 12.0 Å². The molecule has 0 saturated heterocycles.